The lowest BCUT2D eigenvalue weighted by Crippen LogP contribution is -2.21. The van der Waals surface area contributed by atoms with Gasteiger partial charge in [0.05, 0.1) is 7.11 Å². The van der Waals surface area contributed by atoms with Crippen molar-refractivity contribution < 1.29 is 9.53 Å². The highest BCUT2D eigenvalue weighted by molar-refractivity contribution is 6.32. The zero-order valence-corrected chi connectivity index (χ0v) is 13.5. The molecule has 5 nitrogen and oxygen atoms in total. The molecule has 2 aromatic heterocycles. The van der Waals surface area contributed by atoms with Gasteiger partial charge in [-0.05, 0) is 31.2 Å². The Morgan fingerprint density at radius 2 is 2.13 bits per heavy atom. The maximum atomic E-state index is 12.1. The molecule has 0 fully saturated rings. The quantitative estimate of drug-likeness (QED) is 0.744. The number of methoxy groups -OCH3 is 1. The number of nitrogens with zero attached hydrogens (tertiary/aromatic N) is 2. The Hall–Kier alpha value is -2.53. The predicted octanol–water partition coefficient (Wildman–Crippen LogP) is 3.58. The fourth-order valence-corrected chi connectivity index (χ4v) is 2.36. The lowest BCUT2D eigenvalue weighted by Gasteiger charge is -2.09. The number of fused-ring (bicyclic) bond motifs is 1. The van der Waals surface area contributed by atoms with Crippen LogP contribution in [0.4, 0.5) is 5.82 Å². The van der Waals surface area contributed by atoms with Crippen molar-refractivity contribution in [3.05, 3.63) is 48.7 Å². The van der Waals surface area contributed by atoms with E-state index in [1.54, 1.807) is 14.0 Å². The number of amides is 1. The van der Waals surface area contributed by atoms with E-state index in [4.69, 9.17) is 16.3 Å². The van der Waals surface area contributed by atoms with Crippen molar-refractivity contribution >= 4 is 29.0 Å². The van der Waals surface area contributed by atoms with Gasteiger partial charge in [0.25, 0.3) is 0 Å². The first kappa shape index (κ1) is 15.4. The van der Waals surface area contributed by atoms with Gasteiger partial charge in [-0.25, -0.2) is 4.98 Å². The highest BCUT2D eigenvalue weighted by atomic mass is 35.5. The molecule has 1 aromatic carbocycles. The van der Waals surface area contributed by atoms with Crippen LogP contribution < -0.4 is 10.1 Å². The molecule has 0 saturated carbocycles. The molecule has 0 radical (unpaired) electrons. The van der Waals surface area contributed by atoms with Gasteiger partial charge in [-0.3, -0.25) is 9.20 Å². The molecule has 23 heavy (non-hydrogen) atoms. The molecule has 1 atom stereocenters. The average molecular weight is 330 g/mol. The maximum Gasteiger partial charge on any atom is 0.243 e. The van der Waals surface area contributed by atoms with Gasteiger partial charge in [0.1, 0.15) is 28.3 Å². The highest BCUT2D eigenvalue weighted by Crippen LogP contribution is 2.31. The number of nitrogens with one attached hydrogen (secondary N) is 1. The third-order valence-corrected chi connectivity index (χ3v) is 3.67. The monoisotopic (exact) mass is 329 g/mol. The summed E-state index contributed by atoms with van der Waals surface area (Å²) in [5.74, 6) is 1.04. The number of alkyl halides is 1. The van der Waals surface area contributed by atoms with Crippen LogP contribution in [0, 0.1) is 0 Å². The summed E-state index contributed by atoms with van der Waals surface area (Å²) >= 11 is 5.88. The minimum absolute atomic E-state index is 0.276. The lowest BCUT2D eigenvalue weighted by molar-refractivity contribution is -0.115. The van der Waals surface area contributed by atoms with Crippen LogP contribution in [-0.2, 0) is 4.79 Å². The van der Waals surface area contributed by atoms with Crippen molar-refractivity contribution in [2.24, 2.45) is 0 Å². The van der Waals surface area contributed by atoms with Gasteiger partial charge < -0.3 is 10.1 Å². The molecule has 1 unspecified atom stereocenters. The second-order valence-corrected chi connectivity index (χ2v) is 5.73. The number of hydrogen-bond acceptors (Lipinski definition) is 3. The standard InChI is InChI=1S/C17H16ClN3O2/c1-11(18)17(22)20-16-15(12-6-5-7-13(10-12)23-2)19-14-8-3-4-9-21(14)16/h3-11H,1-2H3,(H,20,22). The Kier molecular flexibility index (Phi) is 4.21. The minimum Gasteiger partial charge on any atom is -0.497 e. The molecule has 0 aliphatic carbocycles. The topological polar surface area (TPSA) is 55.6 Å². The zero-order chi connectivity index (χ0) is 16.4. The molecule has 1 amide bonds. The molecule has 118 valence electrons. The van der Waals surface area contributed by atoms with Crippen LogP contribution in [-0.4, -0.2) is 27.8 Å². The van der Waals surface area contributed by atoms with Crippen molar-refractivity contribution in [1.29, 1.82) is 0 Å². The Bertz CT molecular complexity index is 858. The predicted molar refractivity (Wildman–Crippen MR) is 91.1 cm³/mol. The summed E-state index contributed by atoms with van der Waals surface area (Å²) in [5.41, 5.74) is 2.26. The van der Waals surface area contributed by atoms with E-state index < -0.39 is 5.38 Å². The van der Waals surface area contributed by atoms with E-state index in [1.807, 2.05) is 53.1 Å². The summed E-state index contributed by atoms with van der Waals surface area (Å²) in [4.78, 5) is 16.7. The third kappa shape index (κ3) is 3.00. The van der Waals surface area contributed by atoms with Crippen LogP contribution in [0.3, 0.4) is 0 Å². The molecule has 0 saturated heterocycles. The Morgan fingerprint density at radius 1 is 1.30 bits per heavy atom. The van der Waals surface area contributed by atoms with Gasteiger partial charge in [-0.1, -0.05) is 18.2 Å². The number of imidazole rings is 1. The van der Waals surface area contributed by atoms with Crippen LogP contribution in [0.5, 0.6) is 5.75 Å². The Balaban J connectivity index is 2.16. The number of benzene rings is 1. The number of rotatable bonds is 4. The summed E-state index contributed by atoms with van der Waals surface area (Å²) in [6, 6.07) is 13.2. The first-order valence-corrected chi connectivity index (χ1v) is 7.60. The van der Waals surface area contributed by atoms with Crippen molar-refractivity contribution in [3.63, 3.8) is 0 Å². The van der Waals surface area contributed by atoms with E-state index in [0.29, 0.717) is 11.5 Å². The number of hydrogen-bond donors (Lipinski definition) is 1. The average Bonchev–Trinajstić information content (AvgIpc) is 2.93. The van der Waals surface area contributed by atoms with Crippen molar-refractivity contribution in [2.75, 3.05) is 12.4 Å². The van der Waals surface area contributed by atoms with E-state index in [1.165, 1.54) is 0 Å². The van der Waals surface area contributed by atoms with Crippen LogP contribution >= 0.6 is 11.6 Å². The Labute approximate surface area is 138 Å². The molecule has 3 aromatic rings. The molecule has 0 aliphatic heterocycles. The van der Waals surface area contributed by atoms with Crippen molar-refractivity contribution in [3.8, 4) is 17.0 Å². The molecule has 1 N–H and O–H groups in total. The van der Waals surface area contributed by atoms with E-state index in [2.05, 4.69) is 10.3 Å². The SMILES string of the molecule is COc1cccc(-c2nc3ccccn3c2NC(=O)C(C)Cl)c1. The van der Waals surface area contributed by atoms with Gasteiger partial charge in [-0.15, -0.1) is 11.6 Å². The van der Waals surface area contributed by atoms with Gasteiger partial charge >= 0.3 is 0 Å². The summed E-state index contributed by atoms with van der Waals surface area (Å²) in [6.07, 6.45) is 1.85. The van der Waals surface area contributed by atoms with Crippen LogP contribution in [0.25, 0.3) is 16.9 Å². The van der Waals surface area contributed by atoms with Gasteiger partial charge in [0.2, 0.25) is 5.91 Å². The molecule has 2 heterocycles. The number of carbonyl (C=O) groups is 1. The van der Waals surface area contributed by atoms with Gasteiger partial charge in [0, 0.05) is 11.8 Å². The van der Waals surface area contributed by atoms with Gasteiger partial charge in [0.15, 0.2) is 0 Å². The number of aromatic nitrogens is 2. The minimum atomic E-state index is -0.637. The third-order valence-electron chi connectivity index (χ3n) is 3.48. The summed E-state index contributed by atoms with van der Waals surface area (Å²) in [5, 5.41) is 2.22. The van der Waals surface area contributed by atoms with E-state index in [9.17, 15) is 4.79 Å². The number of pyridine rings is 1. The second kappa shape index (κ2) is 6.30. The molecule has 0 bridgehead atoms. The number of halogens is 1. The summed E-state index contributed by atoms with van der Waals surface area (Å²) < 4.78 is 7.09. The smallest absolute Gasteiger partial charge is 0.243 e. The van der Waals surface area contributed by atoms with E-state index in [0.717, 1.165) is 17.0 Å². The van der Waals surface area contributed by atoms with Crippen LogP contribution in [0.2, 0.25) is 0 Å². The maximum absolute atomic E-state index is 12.1. The summed E-state index contributed by atoms with van der Waals surface area (Å²) in [7, 11) is 1.61. The fourth-order valence-electron chi connectivity index (χ4n) is 2.30. The first-order chi connectivity index (χ1) is 11.1. The second-order valence-electron chi connectivity index (χ2n) is 5.08. The molecule has 6 heteroatoms. The fraction of sp³-hybridized carbons (Fsp3) is 0.176. The highest BCUT2D eigenvalue weighted by Gasteiger charge is 2.18. The molecular weight excluding hydrogens is 314 g/mol. The first-order valence-electron chi connectivity index (χ1n) is 7.16. The Morgan fingerprint density at radius 3 is 2.87 bits per heavy atom. The number of anilines is 1. The molecule has 0 aliphatic rings. The van der Waals surface area contributed by atoms with Crippen LogP contribution in [0.1, 0.15) is 6.92 Å². The number of ether oxygens (including phenoxy) is 1. The summed E-state index contributed by atoms with van der Waals surface area (Å²) in [6.45, 7) is 1.63. The zero-order valence-electron chi connectivity index (χ0n) is 12.8. The largest absolute Gasteiger partial charge is 0.497 e. The van der Waals surface area contributed by atoms with Crippen LogP contribution in [0.15, 0.2) is 48.7 Å². The normalized spacial score (nSPS) is 12.1. The van der Waals surface area contributed by atoms with Crippen molar-refractivity contribution in [2.45, 2.75) is 12.3 Å². The van der Waals surface area contributed by atoms with Crippen molar-refractivity contribution in [1.82, 2.24) is 9.38 Å². The molecular formula is C17H16ClN3O2. The van der Waals surface area contributed by atoms with E-state index in [-0.39, 0.29) is 5.91 Å². The molecule has 0 spiro atoms. The molecule has 3 rings (SSSR count). The van der Waals surface area contributed by atoms with E-state index >= 15 is 0 Å². The van der Waals surface area contributed by atoms with Gasteiger partial charge in [-0.2, -0.15) is 0 Å². The number of carbonyl (C=O) groups excluding carboxylic acids is 1. The lowest BCUT2D eigenvalue weighted by atomic mass is 10.1.